The summed E-state index contributed by atoms with van der Waals surface area (Å²) in [5, 5.41) is -0.218. The second kappa shape index (κ2) is 6.67. The van der Waals surface area contributed by atoms with Crippen LogP contribution in [0.5, 0.6) is 11.5 Å². The first-order chi connectivity index (χ1) is 9.67. The first-order valence-corrected chi connectivity index (χ1v) is 7.07. The topological polar surface area (TPSA) is 18.5 Å². The molecule has 0 spiro atoms. The molecular weight excluding hydrogens is 272 g/mol. The minimum Gasteiger partial charge on any atom is -0.497 e. The van der Waals surface area contributed by atoms with Crippen molar-refractivity contribution < 1.29 is 9.47 Å². The van der Waals surface area contributed by atoms with Crippen LogP contribution in [0.2, 0.25) is 0 Å². The van der Waals surface area contributed by atoms with E-state index in [9.17, 15) is 0 Å². The van der Waals surface area contributed by atoms with Gasteiger partial charge in [-0.3, -0.25) is 0 Å². The van der Waals surface area contributed by atoms with E-state index in [0.29, 0.717) is 0 Å². The van der Waals surface area contributed by atoms with Gasteiger partial charge in [-0.1, -0.05) is 31.2 Å². The zero-order chi connectivity index (χ0) is 14.5. The van der Waals surface area contributed by atoms with E-state index in [-0.39, 0.29) is 5.38 Å². The van der Waals surface area contributed by atoms with E-state index in [0.717, 1.165) is 29.0 Å². The van der Waals surface area contributed by atoms with Crippen molar-refractivity contribution in [3.8, 4) is 11.5 Å². The van der Waals surface area contributed by atoms with Crippen LogP contribution in [-0.4, -0.2) is 14.2 Å². The average molecular weight is 291 g/mol. The minimum atomic E-state index is -0.218. The van der Waals surface area contributed by atoms with Crippen molar-refractivity contribution >= 4 is 11.6 Å². The highest BCUT2D eigenvalue weighted by Crippen LogP contribution is 2.34. The molecule has 20 heavy (non-hydrogen) atoms. The Morgan fingerprint density at radius 2 is 1.45 bits per heavy atom. The van der Waals surface area contributed by atoms with Crippen molar-refractivity contribution in [2.45, 2.75) is 18.7 Å². The summed E-state index contributed by atoms with van der Waals surface area (Å²) in [5.41, 5.74) is 3.34. The van der Waals surface area contributed by atoms with Gasteiger partial charge in [-0.2, -0.15) is 0 Å². The lowest BCUT2D eigenvalue weighted by Gasteiger charge is -2.14. The standard InChI is InChI=1S/C17H19ClO2/c1-4-12-5-7-13(8-6-12)17(18)14-9-15(19-2)11-16(10-14)20-3/h5-11,17H,4H2,1-3H3. The molecule has 0 saturated carbocycles. The Morgan fingerprint density at radius 1 is 0.900 bits per heavy atom. The third-order valence-corrected chi connectivity index (χ3v) is 3.85. The number of aryl methyl sites for hydroxylation is 1. The number of methoxy groups -OCH3 is 2. The third-order valence-electron chi connectivity index (χ3n) is 3.35. The summed E-state index contributed by atoms with van der Waals surface area (Å²) in [6, 6.07) is 14.1. The first-order valence-electron chi connectivity index (χ1n) is 6.63. The maximum Gasteiger partial charge on any atom is 0.122 e. The molecule has 3 heteroatoms. The van der Waals surface area contributed by atoms with Crippen LogP contribution in [-0.2, 0) is 6.42 Å². The molecule has 2 aromatic carbocycles. The van der Waals surface area contributed by atoms with Crippen LogP contribution in [0.15, 0.2) is 42.5 Å². The molecule has 0 N–H and O–H groups in total. The van der Waals surface area contributed by atoms with Crippen molar-refractivity contribution in [3.05, 3.63) is 59.2 Å². The van der Waals surface area contributed by atoms with Crippen molar-refractivity contribution in [1.29, 1.82) is 0 Å². The lowest BCUT2D eigenvalue weighted by Crippen LogP contribution is -1.96. The van der Waals surface area contributed by atoms with Gasteiger partial charge >= 0.3 is 0 Å². The second-order valence-electron chi connectivity index (χ2n) is 4.60. The Bertz CT molecular complexity index is 541. The summed E-state index contributed by atoms with van der Waals surface area (Å²) in [6.07, 6.45) is 1.03. The molecule has 2 rings (SSSR count). The van der Waals surface area contributed by atoms with Gasteiger partial charge in [-0.25, -0.2) is 0 Å². The minimum absolute atomic E-state index is 0.218. The molecule has 2 nitrogen and oxygen atoms in total. The summed E-state index contributed by atoms with van der Waals surface area (Å²) in [6.45, 7) is 2.14. The lowest BCUT2D eigenvalue weighted by atomic mass is 10.0. The zero-order valence-electron chi connectivity index (χ0n) is 12.0. The smallest absolute Gasteiger partial charge is 0.122 e. The molecule has 2 aromatic rings. The van der Waals surface area contributed by atoms with Gasteiger partial charge in [0.25, 0.3) is 0 Å². The van der Waals surface area contributed by atoms with E-state index in [4.69, 9.17) is 21.1 Å². The summed E-state index contributed by atoms with van der Waals surface area (Å²) in [7, 11) is 3.27. The van der Waals surface area contributed by atoms with Crippen molar-refractivity contribution in [2.24, 2.45) is 0 Å². The highest BCUT2D eigenvalue weighted by molar-refractivity contribution is 6.22. The van der Waals surface area contributed by atoms with Gasteiger partial charge in [-0.05, 0) is 35.2 Å². The van der Waals surface area contributed by atoms with E-state index in [1.54, 1.807) is 14.2 Å². The van der Waals surface area contributed by atoms with Gasteiger partial charge in [0.2, 0.25) is 0 Å². The number of hydrogen-bond donors (Lipinski definition) is 0. The largest absolute Gasteiger partial charge is 0.497 e. The predicted molar refractivity (Wildman–Crippen MR) is 83.1 cm³/mol. The molecule has 0 radical (unpaired) electrons. The molecular formula is C17H19ClO2. The third kappa shape index (κ3) is 3.26. The molecule has 0 heterocycles. The maximum atomic E-state index is 6.57. The fraction of sp³-hybridized carbons (Fsp3) is 0.294. The van der Waals surface area contributed by atoms with Gasteiger partial charge in [0.1, 0.15) is 11.5 Å². The molecule has 0 aliphatic heterocycles. The van der Waals surface area contributed by atoms with Gasteiger partial charge in [0, 0.05) is 6.07 Å². The van der Waals surface area contributed by atoms with Crippen molar-refractivity contribution in [3.63, 3.8) is 0 Å². The van der Waals surface area contributed by atoms with Crippen LogP contribution in [0.25, 0.3) is 0 Å². The van der Waals surface area contributed by atoms with Crippen LogP contribution >= 0.6 is 11.6 Å². The predicted octanol–water partition coefficient (Wildman–Crippen LogP) is 4.59. The van der Waals surface area contributed by atoms with Crippen LogP contribution in [0.1, 0.15) is 29.0 Å². The normalized spacial score (nSPS) is 12.0. The second-order valence-corrected chi connectivity index (χ2v) is 5.04. The van der Waals surface area contributed by atoms with E-state index < -0.39 is 0 Å². The monoisotopic (exact) mass is 290 g/mol. The molecule has 1 atom stereocenters. The molecule has 1 unspecified atom stereocenters. The number of benzene rings is 2. The molecule has 106 valence electrons. The van der Waals surface area contributed by atoms with Crippen LogP contribution in [0.3, 0.4) is 0 Å². The number of alkyl halides is 1. The van der Waals surface area contributed by atoms with Crippen LogP contribution < -0.4 is 9.47 Å². The maximum absolute atomic E-state index is 6.57. The van der Waals surface area contributed by atoms with Crippen molar-refractivity contribution in [1.82, 2.24) is 0 Å². The molecule has 0 fully saturated rings. The highest BCUT2D eigenvalue weighted by Gasteiger charge is 2.13. The first kappa shape index (κ1) is 14.7. The fourth-order valence-corrected chi connectivity index (χ4v) is 2.36. The van der Waals surface area contributed by atoms with Crippen LogP contribution in [0, 0.1) is 0 Å². The number of rotatable bonds is 5. The SMILES string of the molecule is CCc1ccc(C(Cl)c2cc(OC)cc(OC)c2)cc1. The van der Waals surface area contributed by atoms with Crippen molar-refractivity contribution in [2.75, 3.05) is 14.2 Å². The fourth-order valence-electron chi connectivity index (χ4n) is 2.09. The quantitative estimate of drug-likeness (QED) is 0.750. The Kier molecular flexibility index (Phi) is 4.91. The Balaban J connectivity index is 2.33. The Hall–Kier alpha value is -1.67. The number of halogens is 1. The summed E-state index contributed by atoms with van der Waals surface area (Å²) in [4.78, 5) is 0. The van der Waals surface area contributed by atoms with E-state index in [1.807, 2.05) is 18.2 Å². The highest BCUT2D eigenvalue weighted by atomic mass is 35.5. The van der Waals surface area contributed by atoms with Gasteiger partial charge < -0.3 is 9.47 Å². The van der Waals surface area contributed by atoms with E-state index >= 15 is 0 Å². The number of ether oxygens (including phenoxy) is 2. The zero-order valence-corrected chi connectivity index (χ0v) is 12.8. The van der Waals surface area contributed by atoms with Crippen LogP contribution in [0.4, 0.5) is 0 Å². The average Bonchev–Trinajstić information content (AvgIpc) is 2.53. The summed E-state index contributed by atoms with van der Waals surface area (Å²) >= 11 is 6.57. The molecule has 0 aliphatic rings. The molecule has 0 saturated heterocycles. The Labute approximate surface area is 125 Å². The lowest BCUT2D eigenvalue weighted by molar-refractivity contribution is 0.393. The number of hydrogen-bond acceptors (Lipinski definition) is 2. The van der Waals surface area contributed by atoms with E-state index in [1.165, 1.54) is 5.56 Å². The van der Waals surface area contributed by atoms with Gasteiger partial charge in [-0.15, -0.1) is 11.6 Å². The Morgan fingerprint density at radius 3 is 1.90 bits per heavy atom. The van der Waals surface area contributed by atoms with Gasteiger partial charge in [0.05, 0.1) is 19.6 Å². The molecule has 0 aliphatic carbocycles. The molecule has 0 amide bonds. The summed E-state index contributed by atoms with van der Waals surface area (Å²) < 4.78 is 10.6. The molecule has 0 bridgehead atoms. The summed E-state index contributed by atoms with van der Waals surface area (Å²) in [5.74, 6) is 1.49. The van der Waals surface area contributed by atoms with E-state index in [2.05, 4.69) is 31.2 Å². The molecule has 0 aromatic heterocycles. The van der Waals surface area contributed by atoms with Gasteiger partial charge in [0.15, 0.2) is 0 Å².